The van der Waals surface area contributed by atoms with E-state index in [4.69, 9.17) is 25.9 Å². The van der Waals surface area contributed by atoms with Crippen LogP contribution in [-0.4, -0.2) is 20.3 Å². The summed E-state index contributed by atoms with van der Waals surface area (Å²) >= 11 is 6.17. The molecule has 0 aromatic heterocycles. The van der Waals surface area contributed by atoms with Gasteiger partial charge < -0.3 is 14.3 Å². The maximum absolute atomic E-state index is 6.17. The van der Waals surface area contributed by atoms with E-state index in [0.29, 0.717) is 24.8 Å². The zero-order valence-electron chi connectivity index (χ0n) is 9.30. The van der Waals surface area contributed by atoms with Gasteiger partial charge in [0.2, 0.25) is 0 Å². The van der Waals surface area contributed by atoms with Gasteiger partial charge in [0.25, 0.3) is 0 Å². The van der Waals surface area contributed by atoms with E-state index in [2.05, 4.69) is 5.48 Å². The van der Waals surface area contributed by atoms with Crippen LogP contribution in [0.2, 0.25) is 5.02 Å². The number of halogens is 1. The Morgan fingerprint density at radius 2 is 2.19 bits per heavy atom. The monoisotopic (exact) mass is 243 g/mol. The van der Waals surface area contributed by atoms with Crippen molar-refractivity contribution in [2.45, 2.75) is 13.5 Å². The van der Waals surface area contributed by atoms with Crippen LogP contribution >= 0.6 is 11.6 Å². The molecule has 88 valence electrons. The largest absolute Gasteiger partial charge is 0.486 e. The molecule has 0 atom stereocenters. The lowest BCUT2D eigenvalue weighted by molar-refractivity contribution is 0.0864. The van der Waals surface area contributed by atoms with Gasteiger partial charge in [-0.25, -0.2) is 0 Å². The average molecular weight is 244 g/mol. The Hall–Kier alpha value is -0.970. The smallest absolute Gasteiger partial charge is 0.164 e. The van der Waals surface area contributed by atoms with Crippen molar-refractivity contribution in [3.63, 3.8) is 0 Å². The van der Waals surface area contributed by atoms with Gasteiger partial charge in [-0.05, 0) is 12.5 Å². The molecular formula is C11H14ClNO3. The molecule has 1 aromatic rings. The summed E-state index contributed by atoms with van der Waals surface area (Å²) in [7, 11) is 1.57. The highest BCUT2D eigenvalue weighted by atomic mass is 35.5. The summed E-state index contributed by atoms with van der Waals surface area (Å²) in [4.78, 5) is 4.82. The van der Waals surface area contributed by atoms with Gasteiger partial charge in [-0.2, -0.15) is 5.48 Å². The second kappa shape index (κ2) is 4.91. The topological polar surface area (TPSA) is 39.7 Å². The molecule has 0 fully saturated rings. The lowest BCUT2D eigenvalue weighted by atomic mass is 10.1. The molecular weight excluding hydrogens is 230 g/mol. The van der Waals surface area contributed by atoms with Crippen LogP contribution in [0.1, 0.15) is 11.1 Å². The van der Waals surface area contributed by atoms with E-state index in [-0.39, 0.29) is 0 Å². The van der Waals surface area contributed by atoms with Crippen molar-refractivity contribution in [1.29, 1.82) is 0 Å². The SMILES string of the molecule is CONCc1c(Cl)cc2c(c1C)OCCO2. The molecule has 0 saturated heterocycles. The fourth-order valence-corrected chi connectivity index (χ4v) is 2.02. The minimum Gasteiger partial charge on any atom is -0.486 e. The maximum Gasteiger partial charge on any atom is 0.164 e. The normalized spacial score (nSPS) is 13.9. The van der Waals surface area contributed by atoms with Crippen molar-refractivity contribution in [1.82, 2.24) is 5.48 Å². The first kappa shape index (κ1) is 11.5. The Kier molecular flexibility index (Phi) is 3.53. The van der Waals surface area contributed by atoms with Crippen LogP contribution < -0.4 is 15.0 Å². The van der Waals surface area contributed by atoms with E-state index in [1.54, 1.807) is 13.2 Å². The third-order valence-corrected chi connectivity index (χ3v) is 2.88. The Balaban J connectivity index is 2.37. The molecule has 0 aliphatic carbocycles. The molecule has 2 rings (SSSR count). The third-order valence-electron chi connectivity index (χ3n) is 2.54. The van der Waals surface area contributed by atoms with E-state index in [0.717, 1.165) is 22.6 Å². The summed E-state index contributed by atoms with van der Waals surface area (Å²) < 4.78 is 11.1. The van der Waals surface area contributed by atoms with Gasteiger partial charge in [-0.3, -0.25) is 0 Å². The zero-order chi connectivity index (χ0) is 11.5. The first-order valence-electron chi connectivity index (χ1n) is 5.07. The highest BCUT2D eigenvalue weighted by molar-refractivity contribution is 6.31. The first-order valence-corrected chi connectivity index (χ1v) is 5.45. The molecule has 0 unspecified atom stereocenters. The number of hydrogen-bond acceptors (Lipinski definition) is 4. The van der Waals surface area contributed by atoms with E-state index in [1.807, 2.05) is 6.92 Å². The predicted molar refractivity (Wildman–Crippen MR) is 61.0 cm³/mol. The number of fused-ring (bicyclic) bond motifs is 1. The van der Waals surface area contributed by atoms with Crippen LogP contribution in [-0.2, 0) is 11.4 Å². The Bertz CT molecular complexity index is 395. The van der Waals surface area contributed by atoms with Gasteiger partial charge in [-0.1, -0.05) is 11.6 Å². The second-order valence-corrected chi connectivity index (χ2v) is 3.92. The van der Waals surface area contributed by atoms with Gasteiger partial charge in [0.15, 0.2) is 11.5 Å². The maximum atomic E-state index is 6.17. The standard InChI is InChI=1S/C11H14ClNO3/c1-7-8(6-13-14-2)9(12)5-10-11(7)16-4-3-15-10/h5,13H,3-4,6H2,1-2H3. The van der Waals surface area contributed by atoms with Crippen molar-refractivity contribution < 1.29 is 14.3 Å². The molecule has 1 N–H and O–H groups in total. The Morgan fingerprint density at radius 1 is 1.44 bits per heavy atom. The third kappa shape index (κ3) is 2.09. The number of benzene rings is 1. The molecule has 0 spiro atoms. The molecule has 0 amide bonds. The fraction of sp³-hybridized carbons (Fsp3) is 0.455. The molecule has 1 aliphatic heterocycles. The Morgan fingerprint density at radius 3 is 2.94 bits per heavy atom. The Labute approximate surface area is 99.4 Å². The number of hydrogen-bond donors (Lipinski definition) is 1. The summed E-state index contributed by atoms with van der Waals surface area (Å²) in [6.07, 6.45) is 0. The van der Waals surface area contributed by atoms with Gasteiger partial charge in [0, 0.05) is 23.2 Å². The van der Waals surface area contributed by atoms with Crippen LogP contribution in [0.4, 0.5) is 0 Å². The molecule has 1 aromatic carbocycles. The summed E-state index contributed by atoms with van der Waals surface area (Å²) in [6.45, 7) is 3.65. The minimum atomic E-state index is 0.539. The average Bonchev–Trinajstić information content (AvgIpc) is 2.29. The lowest BCUT2D eigenvalue weighted by Crippen LogP contribution is -2.18. The van der Waals surface area contributed by atoms with Gasteiger partial charge in [-0.15, -0.1) is 0 Å². The molecule has 16 heavy (non-hydrogen) atoms. The number of nitrogens with one attached hydrogen (secondary N) is 1. The summed E-state index contributed by atoms with van der Waals surface area (Å²) in [5.41, 5.74) is 4.73. The predicted octanol–water partition coefficient (Wildman–Crippen LogP) is 2.07. The van der Waals surface area contributed by atoms with E-state index in [1.165, 1.54) is 0 Å². The van der Waals surface area contributed by atoms with Gasteiger partial charge in [0.05, 0.1) is 7.11 Å². The van der Waals surface area contributed by atoms with Crippen LogP contribution in [0.25, 0.3) is 0 Å². The van der Waals surface area contributed by atoms with E-state index >= 15 is 0 Å². The van der Waals surface area contributed by atoms with Gasteiger partial charge >= 0.3 is 0 Å². The molecule has 0 bridgehead atoms. The first-order chi connectivity index (χ1) is 7.74. The zero-order valence-corrected chi connectivity index (χ0v) is 10.1. The lowest BCUT2D eigenvalue weighted by Gasteiger charge is -2.22. The summed E-state index contributed by atoms with van der Waals surface area (Å²) in [6, 6.07) is 1.79. The molecule has 1 heterocycles. The fourth-order valence-electron chi connectivity index (χ4n) is 1.71. The van der Waals surface area contributed by atoms with Crippen LogP contribution in [0.3, 0.4) is 0 Å². The highest BCUT2D eigenvalue weighted by Gasteiger charge is 2.19. The van der Waals surface area contributed by atoms with Crippen molar-refractivity contribution >= 4 is 11.6 Å². The van der Waals surface area contributed by atoms with Crippen molar-refractivity contribution in [3.8, 4) is 11.5 Å². The van der Waals surface area contributed by atoms with Gasteiger partial charge in [0.1, 0.15) is 13.2 Å². The number of ether oxygens (including phenoxy) is 2. The molecule has 1 aliphatic rings. The number of hydroxylamine groups is 1. The quantitative estimate of drug-likeness (QED) is 0.825. The molecule has 0 radical (unpaired) electrons. The molecule has 0 saturated carbocycles. The van der Waals surface area contributed by atoms with Crippen LogP contribution in [0.5, 0.6) is 11.5 Å². The van der Waals surface area contributed by atoms with Crippen molar-refractivity contribution in [2.24, 2.45) is 0 Å². The van der Waals surface area contributed by atoms with E-state index in [9.17, 15) is 0 Å². The minimum absolute atomic E-state index is 0.539. The van der Waals surface area contributed by atoms with Crippen LogP contribution in [0, 0.1) is 6.92 Å². The number of rotatable bonds is 3. The summed E-state index contributed by atoms with van der Waals surface area (Å²) in [5.74, 6) is 1.50. The molecule has 5 heteroatoms. The van der Waals surface area contributed by atoms with Crippen molar-refractivity contribution in [2.75, 3.05) is 20.3 Å². The second-order valence-electron chi connectivity index (χ2n) is 3.51. The molecule has 4 nitrogen and oxygen atoms in total. The highest BCUT2D eigenvalue weighted by Crippen LogP contribution is 2.39. The van der Waals surface area contributed by atoms with Crippen LogP contribution in [0.15, 0.2) is 6.07 Å². The van der Waals surface area contributed by atoms with E-state index < -0.39 is 0 Å². The summed E-state index contributed by atoms with van der Waals surface area (Å²) in [5, 5.41) is 0.659. The van der Waals surface area contributed by atoms with Crippen molar-refractivity contribution in [3.05, 3.63) is 22.2 Å².